The molecule has 10 heteroatoms. The highest BCUT2D eigenvalue weighted by Gasteiger charge is 2.29. The number of amides is 2. The van der Waals surface area contributed by atoms with Crippen LogP contribution in [0.15, 0.2) is 53.6 Å². The molecule has 0 saturated heterocycles. The Morgan fingerprint density at radius 3 is 2.56 bits per heavy atom. The number of fused-ring (bicyclic) bond motifs is 1. The second-order valence-corrected chi connectivity index (χ2v) is 10.8. The highest BCUT2D eigenvalue weighted by molar-refractivity contribution is 7.17. The van der Waals surface area contributed by atoms with Gasteiger partial charge in [0.1, 0.15) is 10.8 Å². The molecule has 0 spiro atoms. The minimum atomic E-state index is -0.820. The lowest BCUT2D eigenvalue weighted by molar-refractivity contribution is -0.127. The summed E-state index contributed by atoms with van der Waals surface area (Å²) in [6.45, 7) is 5.82. The van der Waals surface area contributed by atoms with E-state index in [1.807, 2.05) is 0 Å². The highest BCUT2D eigenvalue weighted by Crippen LogP contribution is 2.40. The van der Waals surface area contributed by atoms with Crippen molar-refractivity contribution in [3.63, 3.8) is 0 Å². The Labute approximate surface area is 236 Å². The van der Waals surface area contributed by atoms with Gasteiger partial charge in [-0.1, -0.05) is 30.7 Å². The zero-order valence-corrected chi connectivity index (χ0v) is 23.5. The molecule has 0 bridgehead atoms. The number of rotatable bonds is 9. The molecule has 8 nitrogen and oxygen atoms in total. The molecule has 2 N–H and O–H groups in total. The largest absolute Gasteiger partial charge is 0.481 e. The van der Waals surface area contributed by atoms with Crippen LogP contribution in [-0.4, -0.2) is 36.7 Å². The van der Waals surface area contributed by atoms with Crippen LogP contribution in [-0.2, 0) is 22.4 Å². The molecule has 204 valence electrons. The average Bonchev–Trinajstić information content (AvgIpc) is 3.27. The van der Waals surface area contributed by atoms with Gasteiger partial charge in [0.15, 0.2) is 6.10 Å². The fourth-order valence-corrected chi connectivity index (χ4v) is 5.71. The monoisotopic (exact) mass is 567 g/mol. The van der Waals surface area contributed by atoms with E-state index in [-0.39, 0.29) is 12.5 Å². The molecule has 1 aliphatic rings. The Balaban J connectivity index is 1.37. The number of hydrogen-bond donors (Lipinski definition) is 2. The van der Waals surface area contributed by atoms with Crippen LogP contribution in [0, 0.1) is 5.92 Å². The number of esters is 1. The van der Waals surface area contributed by atoms with Gasteiger partial charge in [0.2, 0.25) is 0 Å². The lowest BCUT2D eigenvalue weighted by Gasteiger charge is -2.18. The van der Waals surface area contributed by atoms with Crippen molar-refractivity contribution in [2.45, 2.75) is 46.1 Å². The second kappa shape index (κ2) is 12.9. The summed E-state index contributed by atoms with van der Waals surface area (Å²) in [7, 11) is 0. The molecule has 2 amide bonds. The van der Waals surface area contributed by atoms with Gasteiger partial charge in [-0.05, 0) is 86.6 Å². The maximum absolute atomic E-state index is 13.0. The van der Waals surface area contributed by atoms with Crippen molar-refractivity contribution in [2.75, 3.05) is 11.9 Å². The number of hydrazone groups is 1. The lowest BCUT2D eigenvalue weighted by atomic mass is 9.88. The predicted molar refractivity (Wildman–Crippen MR) is 153 cm³/mol. The first-order chi connectivity index (χ1) is 18.7. The van der Waals surface area contributed by atoms with Gasteiger partial charge < -0.3 is 14.8 Å². The third kappa shape index (κ3) is 7.25. The molecule has 0 fully saturated rings. The zero-order valence-electron chi connectivity index (χ0n) is 22.0. The number of nitrogens with one attached hydrogen (secondary N) is 2. The van der Waals surface area contributed by atoms with Crippen molar-refractivity contribution in [3.05, 3.63) is 80.7 Å². The average molecular weight is 568 g/mol. The number of hydrogen-bond acceptors (Lipinski definition) is 7. The summed E-state index contributed by atoms with van der Waals surface area (Å²) in [5.74, 6) is -0.232. The van der Waals surface area contributed by atoms with Crippen LogP contribution < -0.4 is 15.5 Å². The smallest absolute Gasteiger partial charge is 0.341 e. The van der Waals surface area contributed by atoms with Gasteiger partial charge in [-0.25, -0.2) is 10.2 Å². The Morgan fingerprint density at radius 1 is 1.15 bits per heavy atom. The molecule has 4 rings (SSSR count). The van der Waals surface area contributed by atoms with Crippen LogP contribution in [0.25, 0.3) is 0 Å². The van der Waals surface area contributed by atoms with Crippen LogP contribution in [0.1, 0.15) is 63.9 Å². The molecular weight excluding hydrogens is 538 g/mol. The number of ether oxygens (including phenoxy) is 2. The minimum Gasteiger partial charge on any atom is -0.481 e. The molecular formula is C29H30ClN3O5S. The first-order valence-corrected chi connectivity index (χ1v) is 13.9. The van der Waals surface area contributed by atoms with E-state index in [0.717, 1.165) is 35.3 Å². The van der Waals surface area contributed by atoms with Gasteiger partial charge in [-0.15, -0.1) is 11.3 Å². The van der Waals surface area contributed by atoms with Gasteiger partial charge in [0, 0.05) is 15.5 Å². The summed E-state index contributed by atoms with van der Waals surface area (Å²) < 4.78 is 11.0. The van der Waals surface area contributed by atoms with E-state index >= 15 is 0 Å². The Kier molecular flexibility index (Phi) is 9.37. The molecule has 3 aromatic rings. The normalized spacial score (nSPS) is 15.3. The second-order valence-electron chi connectivity index (χ2n) is 9.30. The van der Waals surface area contributed by atoms with Gasteiger partial charge in [0.05, 0.1) is 18.4 Å². The van der Waals surface area contributed by atoms with Crippen molar-refractivity contribution >= 4 is 51.9 Å². The lowest BCUT2D eigenvalue weighted by Crippen LogP contribution is -2.33. The van der Waals surface area contributed by atoms with E-state index in [0.29, 0.717) is 32.8 Å². The van der Waals surface area contributed by atoms with Crippen LogP contribution >= 0.6 is 22.9 Å². The molecule has 0 radical (unpaired) electrons. The maximum atomic E-state index is 13.0. The van der Waals surface area contributed by atoms with Gasteiger partial charge in [-0.2, -0.15) is 5.10 Å². The summed E-state index contributed by atoms with van der Waals surface area (Å²) in [5, 5.41) is 7.97. The summed E-state index contributed by atoms with van der Waals surface area (Å²) in [5.41, 5.74) is 5.07. The zero-order chi connectivity index (χ0) is 27.9. The quantitative estimate of drug-likeness (QED) is 0.191. The Hall–Kier alpha value is -3.69. The molecule has 0 saturated carbocycles. The molecule has 39 heavy (non-hydrogen) atoms. The molecule has 1 heterocycles. The Bertz CT molecular complexity index is 1370. The number of halogens is 1. The van der Waals surface area contributed by atoms with E-state index in [9.17, 15) is 14.4 Å². The third-order valence-corrected chi connectivity index (χ3v) is 7.70. The van der Waals surface area contributed by atoms with E-state index in [4.69, 9.17) is 21.1 Å². The molecule has 1 aliphatic carbocycles. The maximum Gasteiger partial charge on any atom is 0.341 e. The number of thiophene rings is 1. The number of benzene rings is 2. The summed E-state index contributed by atoms with van der Waals surface area (Å²) in [6, 6.07) is 13.5. The minimum absolute atomic E-state index is 0.264. The van der Waals surface area contributed by atoms with Crippen LogP contribution in [0.4, 0.5) is 5.00 Å². The number of anilines is 1. The molecule has 2 aromatic carbocycles. The highest BCUT2D eigenvalue weighted by atomic mass is 35.5. The van der Waals surface area contributed by atoms with Crippen molar-refractivity contribution in [3.8, 4) is 5.75 Å². The standard InChI is InChI=1S/C29H30ClN3O5S/c1-4-37-29(36)25-23-14-5-17(2)15-24(23)39-28(25)32-27(35)20-8-12-22(13-9-20)38-18(3)26(34)33-31-16-19-6-10-21(30)11-7-19/h6-13,16-18H,4-5,14-15H2,1-3H3,(H,32,35)(H,33,34)/b31-16-/t17-,18+/m0/s1. The number of nitrogens with zero attached hydrogens (tertiary/aromatic N) is 1. The molecule has 0 aliphatic heterocycles. The van der Waals surface area contributed by atoms with Crippen LogP contribution in [0.5, 0.6) is 5.75 Å². The van der Waals surface area contributed by atoms with Crippen LogP contribution in [0.3, 0.4) is 0 Å². The topological polar surface area (TPSA) is 106 Å². The molecule has 0 unspecified atom stereocenters. The van der Waals surface area contributed by atoms with E-state index in [1.165, 1.54) is 17.6 Å². The fraction of sp³-hybridized carbons (Fsp3) is 0.310. The molecule has 2 atom stereocenters. The Morgan fingerprint density at radius 2 is 1.87 bits per heavy atom. The summed E-state index contributed by atoms with van der Waals surface area (Å²) in [6.07, 6.45) is 3.36. The van der Waals surface area contributed by atoms with E-state index < -0.39 is 18.0 Å². The van der Waals surface area contributed by atoms with Crippen molar-refractivity contribution in [1.82, 2.24) is 5.43 Å². The van der Waals surface area contributed by atoms with Gasteiger partial charge in [-0.3, -0.25) is 9.59 Å². The summed E-state index contributed by atoms with van der Waals surface area (Å²) in [4.78, 5) is 39.2. The van der Waals surface area contributed by atoms with Crippen molar-refractivity contribution in [2.24, 2.45) is 11.0 Å². The van der Waals surface area contributed by atoms with E-state index in [2.05, 4.69) is 22.8 Å². The summed E-state index contributed by atoms with van der Waals surface area (Å²) >= 11 is 7.30. The van der Waals surface area contributed by atoms with Gasteiger partial charge >= 0.3 is 5.97 Å². The third-order valence-electron chi connectivity index (χ3n) is 6.28. The first-order valence-electron chi connectivity index (χ1n) is 12.7. The van der Waals surface area contributed by atoms with Crippen molar-refractivity contribution < 1.29 is 23.9 Å². The molecule has 1 aromatic heterocycles. The van der Waals surface area contributed by atoms with E-state index in [1.54, 1.807) is 62.4 Å². The van der Waals surface area contributed by atoms with Gasteiger partial charge in [0.25, 0.3) is 11.8 Å². The first kappa shape index (κ1) is 28.3. The number of carbonyl (C=O) groups excluding carboxylic acids is 3. The number of carbonyl (C=O) groups is 3. The van der Waals surface area contributed by atoms with Crippen LogP contribution in [0.2, 0.25) is 5.02 Å². The fourth-order valence-electron chi connectivity index (χ4n) is 4.19. The predicted octanol–water partition coefficient (Wildman–Crippen LogP) is 5.87. The SMILES string of the molecule is CCOC(=O)c1c(NC(=O)c2ccc(O[C@H](C)C(=O)N/N=C\c3ccc(Cl)cc3)cc2)sc2c1CC[C@H](C)C2. The van der Waals surface area contributed by atoms with Crippen molar-refractivity contribution in [1.29, 1.82) is 0 Å².